The van der Waals surface area contributed by atoms with Crippen molar-refractivity contribution in [2.75, 3.05) is 0 Å². The molecule has 0 spiro atoms. The van der Waals surface area contributed by atoms with Crippen molar-refractivity contribution in [1.29, 1.82) is 0 Å². The average molecular weight is 339 g/mol. The van der Waals surface area contributed by atoms with E-state index in [9.17, 15) is 0 Å². The highest BCUT2D eigenvalue weighted by Crippen LogP contribution is 2.37. The number of nitrogens with one attached hydrogen (secondary N) is 1. The van der Waals surface area contributed by atoms with Crippen LogP contribution in [0.3, 0.4) is 0 Å². The van der Waals surface area contributed by atoms with Crippen molar-refractivity contribution in [3.8, 4) is 0 Å². The van der Waals surface area contributed by atoms with E-state index in [1.807, 2.05) is 0 Å². The van der Waals surface area contributed by atoms with E-state index in [4.69, 9.17) is 0 Å². The van der Waals surface area contributed by atoms with E-state index in [-0.39, 0.29) is 0 Å². The molecule has 3 rings (SSSR count). The summed E-state index contributed by atoms with van der Waals surface area (Å²) in [5.41, 5.74) is 6.10. The SMILES string of the molecule is CC1=C(C)C(C)C([Si](NC2CCCCC2)c2ccccc2C)=C1C. The third kappa shape index (κ3) is 3.32. The lowest BCUT2D eigenvalue weighted by Gasteiger charge is -2.31. The van der Waals surface area contributed by atoms with Gasteiger partial charge in [-0.15, -0.1) is 0 Å². The fourth-order valence-corrected chi connectivity index (χ4v) is 7.62. The van der Waals surface area contributed by atoms with Crippen LogP contribution in [0.25, 0.3) is 0 Å². The molecule has 1 aromatic rings. The van der Waals surface area contributed by atoms with Gasteiger partial charge in [0.25, 0.3) is 0 Å². The average Bonchev–Trinajstić information content (AvgIpc) is 2.78. The quantitative estimate of drug-likeness (QED) is 0.765. The van der Waals surface area contributed by atoms with Gasteiger partial charge in [0.2, 0.25) is 8.96 Å². The summed E-state index contributed by atoms with van der Waals surface area (Å²) >= 11 is 0. The van der Waals surface area contributed by atoms with Crippen molar-refractivity contribution >= 4 is 14.1 Å². The van der Waals surface area contributed by atoms with E-state index in [1.54, 1.807) is 21.5 Å². The Balaban J connectivity index is 1.98. The normalized spacial score (nSPS) is 22.8. The van der Waals surface area contributed by atoms with E-state index in [0.717, 1.165) is 0 Å². The van der Waals surface area contributed by atoms with E-state index in [1.165, 1.54) is 43.2 Å². The molecule has 0 aliphatic heterocycles. The lowest BCUT2D eigenvalue weighted by Crippen LogP contribution is -2.53. The second kappa shape index (κ2) is 7.41. The summed E-state index contributed by atoms with van der Waals surface area (Å²) < 4.78 is 0. The molecule has 129 valence electrons. The first kappa shape index (κ1) is 17.7. The van der Waals surface area contributed by atoms with Crippen molar-refractivity contribution in [3.63, 3.8) is 0 Å². The second-order valence-corrected chi connectivity index (χ2v) is 9.85. The molecule has 0 amide bonds. The van der Waals surface area contributed by atoms with Crippen molar-refractivity contribution in [3.05, 3.63) is 51.7 Å². The number of rotatable bonds is 4. The van der Waals surface area contributed by atoms with Crippen molar-refractivity contribution in [1.82, 2.24) is 4.98 Å². The molecule has 0 aromatic heterocycles. The molecular formula is C22H32NSi. The van der Waals surface area contributed by atoms with Crippen LogP contribution in [0.4, 0.5) is 0 Å². The van der Waals surface area contributed by atoms with Crippen LogP contribution in [0.5, 0.6) is 0 Å². The molecule has 2 heteroatoms. The molecule has 1 radical (unpaired) electrons. The Kier molecular flexibility index (Phi) is 5.46. The molecule has 0 heterocycles. The summed E-state index contributed by atoms with van der Waals surface area (Å²) in [6, 6.07) is 9.76. The summed E-state index contributed by atoms with van der Waals surface area (Å²) in [6.45, 7) is 11.7. The lowest BCUT2D eigenvalue weighted by atomic mass is 9.96. The number of allylic oxidation sites excluding steroid dienone is 4. The minimum Gasteiger partial charge on any atom is -0.328 e. The van der Waals surface area contributed by atoms with Gasteiger partial charge in [0.05, 0.1) is 0 Å². The van der Waals surface area contributed by atoms with Gasteiger partial charge in [-0.25, -0.2) is 0 Å². The van der Waals surface area contributed by atoms with Gasteiger partial charge in [0.1, 0.15) is 0 Å². The summed E-state index contributed by atoms with van der Waals surface area (Å²) in [4.78, 5) is 4.17. The molecule has 1 atom stereocenters. The highest BCUT2D eigenvalue weighted by molar-refractivity contribution is 6.78. The molecule has 24 heavy (non-hydrogen) atoms. The van der Waals surface area contributed by atoms with Gasteiger partial charge in [-0.3, -0.25) is 0 Å². The van der Waals surface area contributed by atoms with E-state index in [0.29, 0.717) is 12.0 Å². The second-order valence-electron chi connectivity index (χ2n) is 7.74. The third-order valence-electron chi connectivity index (χ3n) is 6.28. The summed E-state index contributed by atoms with van der Waals surface area (Å²) in [5, 5.41) is 3.27. The van der Waals surface area contributed by atoms with Crippen molar-refractivity contribution in [2.45, 2.75) is 72.8 Å². The van der Waals surface area contributed by atoms with Gasteiger partial charge < -0.3 is 4.98 Å². The largest absolute Gasteiger partial charge is 0.328 e. The maximum Gasteiger partial charge on any atom is 0.203 e. The maximum atomic E-state index is 4.17. The Morgan fingerprint density at radius 1 is 0.917 bits per heavy atom. The van der Waals surface area contributed by atoms with Gasteiger partial charge in [-0.05, 0) is 57.2 Å². The topological polar surface area (TPSA) is 12.0 Å². The highest BCUT2D eigenvalue weighted by Gasteiger charge is 2.34. The third-order valence-corrected chi connectivity index (χ3v) is 9.42. The molecule has 1 unspecified atom stereocenters. The molecule has 2 aliphatic carbocycles. The Bertz CT molecular complexity index is 664. The Hall–Kier alpha value is -1.12. The van der Waals surface area contributed by atoms with Crippen LogP contribution in [0.15, 0.2) is 46.2 Å². The van der Waals surface area contributed by atoms with E-state index in [2.05, 4.69) is 63.9 Å². The zero-order valence-corrected chi connectivity index (χ0v) is 17.0. The molecule has 2 aliphatic rings. The van der Waals surface area contributed by atoms with Crippen LogP contribution in [0, 0.1) is 12.8 Å². The number of benzene rings is 1. The van der Waals surface area contributed by atoms with E-state index >= 15 is 0 Å². The number of hydrogen-bond acceptors (Lipinski definition) is 1. The number of aryl methyl sites for hydroxylation is 1. The highest BCUT2D eigenvalue weighted by atomic mass is 28.3. The molecule has 1 fully saturated rings. The zero-order chi connectivity index (χ0) is 17.3. The monoisotopic (exact) mass is 338 g/mol. The Labute approximate surface area is 149 Å². The van der Waals surface area contributed by atoms with Crippen LogP contribution >= 0.6 is 0 Å². The lowest BCUT2D eigenvalue weighted by molar-refractivity contribution is 0.417. The fraction of sp³-hybridized carbons (Fsp3) is 0.545. The first-order chi connectivity index (χ1) is 11.5. The molecular weight excluding hydrogens is 306 g/mol. The molecule has 1 N–H and O–H groups in total. The molecule has 1 nitrogen and oxygen atoms in total. The van der Waals surface area contributed by atoms with Gasteiger partial charge in [0.15, 0.2) is 0 Å². The predicted octanol–water partition coefficient (Wildman–Crippen LogP) is 4.96. The smallest absolute Gasteiger partial charge is 0.203 e. The van der Waals surface area contributed by atoms with Crippen LogP contribution < -0.4 is 10.2 Å². The number of hydrogen-bond donors (Lipinski definition) is 1. The standard InChI is InChI=1S/C22H32NSi/c1-15-11-9-10-14-21(15)24(23-20-12-7-6-8-13-20)22-18(4)16(2)17(3)19(22)5/h9-11,14,18,20,23H,6-8,12-13H2,1-5H3. The Morgan fingerprint density at radius 2 is 1.58 bits per heavy atom. The van der Waals surface area contributed by atoms with E-state index < -0.39 is 8.96 Å². The zero-order valence-electron chi connectivity index (χ0n) is 16.0. The molecule has 1 aromatic carbocycles. The van der Waals surface area contributed by atoms with Crippen LogP contribution in [-0.2, 0) is 0 Å². The minimum atomic E-state index is -0.903. The predicted molar refractivity (Wildman–Crippen MR) is 107 cm³/mol. The van der Waals surface area contributed by atoms with Crippen LogP contribution in [0.2, 0.25) is 0 Å². The fourth-order valence-electron chi connectivity index (χ4n) is 4.37. The first-order valence-corrected chi connectivity index (χ1v) is 11.1. The first-order valence-electron chi connectivity index (χ1n) is 9.59. The van der Waals surface area contributed by atoms with Gasteiger partial charge in [-0.2, -0.15) is 0 Å². The van der Waals surface area contributed by atoms with Crippen molar-refractivity contribution in [2.24, 2.45) is 5.92 Å². The maximum absolute atomic E-state index is 4.17. The Morgan fingerprint density at radius 3 is 2.17 bits per heavy atom. The summed E-state index contributed by atoms with van der Waals surface area (Å²) in [6.07, 6.45) is 6.91. The summed E-state index contributed by atoms with van der Waals surface area (Å²) in [5.74, 6) is 0.592. The van der Waals surface area contributed by atoms with Gasteiger partial charge >= 0.3 is 0 Å². The van der Waals surface area contributed by atoms with Crippen LogP contribution in [-0.4, -0.2) is 15.0 Å². The van der Waals surface area contributed by atoms with Crippen molar-refractivity contribution < 1.29 is 0 Å². The summed E-state index contributed by atoms with van der Waals surface area (Å²) in [7, 11) is -0.903. The van der Waals surface area contributed by atoms with Crippen LogP contribution in [0.1, 0.15) is 65.4 Å². The molecule has 0 saturated heterocycles. The minimum absolute atomic E-state index is 0.592. The molecule has 1 saturated carbocycles. The van der Waals surface area contributed by atoms with Gasteiger partial charge in [0, 0.05) is 6.04 Å². The molecule has 0 bridgehead atoms. The van der Waals surface area contributed by atoms with Gasteiger partial charge in [-0.1, -0.05) is 72.4 Å².